The Bertz CT molecular complexity index is 335. The fourth-order valence-electron chi connectivity index (χ4n) is 1.45. The van der Waals surface area contributed by atoms with Crippen molar-refractivity contribution >= 4 is 15.9 Å². The molecule has 0 spiro atoms. The van der Waals surface area contributed by atoms with Crippen molar-refractivity contribution in [2.45, 2.75) is 20.3 Å². The summed E-state index contributed by atoms with van der Waals surface area (Å²) >= 11 is 3.51. The van der Waals surface area contributed by atoms with Crippen LogP contribution in [0.15, 0.2) is 10.5 Å². The van der Waals surface area contributed by atoms with Crippen LogP contribution in [0.25, 0.3) is 0 Å². The molecule has 0 fully saturated rings. The molecule has 1 rings (SSSR count). The van der Waals surface area contributed by atoms with E-state index in [1.165, 1.54) is 11.1 Å². The molecule has 0 aromatic heterocycles. The number of aryl methyl sites for hydroxylation is 1. The number of halogens is 1. The minimum absolute atomic E-state index is 0.144. The number of ether oxygens (including phenoxy) is 1. The molecule has 1 aromatic carbocycles. The van der Waals surface area contributed by atoms with Gasteiger partial charge in [-0.2, -0.15) is 0 Å². The third-order valence-corrected chi connectivity index (χ3v) is 3.34. The number of aliphatic hydroxyl groups is 1. The SMILES string of the molecule is COc1c(CCO)cc(C)c(C)c1Br. The molecule has 0 saturated heterocycles. The lowest BCUT2D eigenvalue weighted by Crippen LogP contribution is -1.99. The first kappa shape index (κ1) is 11.5. The van der Waals surface area contributed by atoms with Crippen LogP contribution in [0, 0.1) is 13.8 Å². The average Bonchev–Trinajstić information content (AvgIpc) is 2.16. The molecule has 1 aromatic rings. The Labute approximate surface area is 93.0 Å². The van der Waals surface area contributed by atoms with E-state index in [2.05, 4.69) is 28.9 Å². The molecule has 78 valence electrons. The van der Waals surface area contributed by atoms with E-state index in [0.717, 1.165) is 15.8 Å². The van der Waals surface area contributed by atoms with Crippen LogP contribution in [0.3, 0.4) is 0 Å². The van der Waals surface area contributed by atoms with E-state index in [9.17, 15) is 0 Å². The van der Waals surface area contributed by atoms with Crippen molar-refractivity contribution in [3.63, 3.8) is 0 Å². The van der Waals surface area contributed by atoms with E-state index in [-0.39, 0.29) is 6.61 Å². The highest BCUT2D eigenvalue weighted by Crippen LogP contribution is 2.34. The molecule has 0 saturated carbocycles. The van der Waals surface area contributed by atoms with E-state index in [1.54, 1.807) is 7.11 Å². The topological polar surface area (TPSA) is 29.5 Å². The van der Waals surface area contributed by atoms with Gasteiger partial charge in [-0.05, 0) is 52.9 Å². The van der Waals surface area contributed by atoms with Gasteiger partial charge < -0.3 is 9.84 Å². The third kappa shape index (κ3) is 2.10. The normalized spacial score (nSPS) is 10.4. The molecule has 0 atom stereocenters. The first-order chi connectivity index (χ1) is 6.61. The molecule has 3 heteroatoms. The van der Waals surface area contributed by atoms with Gasteiger partial charge in [0.25, 0.3) is 0 Å². The number of methoxy groups -OCH3 is 1. The van der Waals surface area contributed by atoms with Crippen LogP contribution in [0.5, 0.6) is 5.75 Å². The molecule has 1 N–H and O–H groups in total. The Balaban J connectivity index is 3.28. The van der Waals surface area contributed by atoms with Crippen LogP contribution in [0.4, 0.5) is 0 Å². The van der Waals surface area contributed by atoms with Crippen LogP contribution < -0.4 is 4.74 Å². The predicted octanol–water partition coefficient (Wildman–Crippen LogP) is 2.61. The molecule has 0 aliphatic rings. The van der Waals surface area contributed by atoms with Crippen molar-refractivity contribution in [2.75, 3.05) is 13.7 Å². The summed E-state index contributed by atoms with van der Waals surface area (Å²) < 4.78 is 6.30. The largest absolute Gasteiger partial charge is 0.495 e. The predicted molar refractivity (Wildman–Crippen MR) is 61.0 cm³/mol. The second-order valence-electron chi connectivity index (χ2n) is 3.30. The Kier molecular flexibility index (Phi) is 3.96. The number of aliphatic hydroxyl groups excluding tert-OH is 1. The molecule has 0 unspecified atom stereocenters. The first-order valence-corrected chi connectivity index (χ1v) is 5.34. The van der Waals surface area contributed by atoms with Crippen LogP contribution in [-0.4, -0.2) is 18.8 Å². The highest BCUT2D eigenvalue weighted by Gasteiger charge is 2.11. The van der Waals surface area contributed by atoms with Gasteiger partial charge >= 0.3 is 0 Å². The molecule has 0 amide bonds. The van der Waals surface area contributed by atoms with E-state index in [0.29, 0.717) is 6.42 Å². The second kappa shape index (κ2) is 4.80. The van der Waals surface area contributed by atoms with Crippen LogP contribution in [0.2, 0.25) is 0 Å². The number of benzene rings is 1. The van der Waals surface area contributed by atoms with Gasteiger partial charge in [-0.1, -0.05) is 6.07 Å². The molecule has 0 aliphatic heterocycles. The van der Waals surface area contributed by atoms with Gasteiger partial charge in [0.15, 0.2) is 0 Å². The van der Waals surface area contributed by atoms with Gasteiger partial charge in [0.1, 0.15) is 5.75 Å². The summed E-state index contributed by atoms with van der Waals surface area (Å²) in [5, 5.41) is 8.92. The minimum Gasteiger partial charge on any atom is -0.495 e. The molecule has 0 bridgehead atoms. The number of hydrogen-bond acceptors (Lipinski definition) is 2. The summed E-state index contributed by atoms with van der Waals surface area (Å²) in [6.07, 6.45) is 0.628. The number of hydrogen-bond donors (Lipinski definition) is 1. The Morgan fingerprint density at radius 2 is 2.07 bits per heavy atom. The fourth-order valence-corrected chi connectivity index (χ4v) is 2.18. The summed E-state index contributed by atoms with van der Waals surface area (Å²) in [6, 6.07) is 2.06. The summed E-state index contributed by atoms with van der Waals surface area (Å²) in [5.74, 6) is 0.835. The molecule has 0 radical (unpaired) electrons. The van der Waals surface area contributed by atoms with Gasteiger partial charge in [0.05, 0.1) is 11.6 Å². The summed E-state index contributed by atoms with van der Waals surface area (Å²) in [6.45, 7) is 4.25. The van der Waals surface area contributed by atoms with Gasteiger partial charge in [-0.15, -0.1) is 0 Å². The maximum absolute atomic E-state index is 8.92. The van der Waals surface area contributed by atoms with E-state index < -0.39 is 0 Å². The zero-order valence-electron chi connectivity index (χ0n) is 8.72. The summed E-state index contributed by atoms with van der Waals surface area (Å²) in [5.41, 5.74) is 3.44. The van der Waals surface area contributed by atoms with Crippen molar-refractivity contribution in [2.24, 2.45) is 0 Å². The molecule has 2 nitrogen and oxygen atoms in total. The lowest BCUT2D eigenvalue weighted by atomic mass is 10.0. The van der Waals surface area contributed by atoms with Gasteiger partial charge in [-0.3, -0.25) is 0 Å². The molecule has 0 heterocycles. The molecular formula is C11H15BrO2. The monoisotopic (exact) mass is 258 g/mol. The van der Waals surface area contributed by atoms with Crippen molar-refractivity contribution in [3.05, 3.63) is 27.2 Å². The minimum atomic E-state index is 0.144. The highest BCUT2D eigenvalue weighted by molar-refractivity contribution is 9.10. The van der Waals surface area contributed by atoms with Crippen LogP contribution in [0.1, 0.15) is 16.7 Å². The first-order valence-electron chi connectivity index (χ1n) is 4.55. The smallest absolute Gasteiger partial charge is 0.136 e. The molecule has 0 aliphatic carbocycles. The Hall–Kier alpha value is -0.540. The summed E-state index contributed by atoms with van der Waals surface area (Å²) in [7, 11) is 1.65. The maximum atomic E-state index is 8.92. The standard InChI is InChI=1S/C11H15BrO2/c1-7-6-9(4-5-13)11(14-3)10(12)8(7)2/h6,13H,4-5H2,1-3H3. The number of rotatable bonds is 3. The van der Waals surface area contributed by atoms with Gasteiger partial charge in [0.2, 0.25) is 0 Å². The van der Waals surface area contributed by atoms with Crippen molar-refractivity contribution in [1.82, 2.24) is 0 Å². The molecular weight excluding hydrogens is 244 g/mol. The second-order valence-corrected chi connectivity index (χ2v) is 4.09. The van der Waals surface area contributed by atoms with Gasteiger partial charge in [-0.25, -0.2) is 0 Å². The summed E-state index contributed by atoms with van der Waals surface area (Å²) in [4.78, 5) is 0. The fraction of sp³-hybridized carbons (Fsp3) is 0.455. The quantitative estimate of drug-likeness (QED) is 0.904. The highest BCUT2D eigenvalue weighted by atomic mass is 79.9. The third-order valence-electron chi connectivity index (χ3n) is 2.39. The van der Waals surface area contributed by atoms with Crippen molar-refractivity contribution < 1.29 is 9.84 Å². The van der Waals surface area contributed by atoms with E-state index in [1.807, 2.05) is 6.92 Å². The zero-order chi connectivity index (χ0) is 10.7. The maximum Gasteiger partial charge on any atom is 0.136 e. The zero-order valence-corrected chi connectivity index (χ0v) is 10.3. The van der Waals surface area contributed by atoms with Crippen molar-refractivity contribution in [1.29, 1.82) is 0 Å². The average molecular weight is 259 g/mol. The van der Waals surface area contributed by atoms with Gasteiger partial charge in [0, 0.05) is 6.61 Å². The van der Waals surface area contributed by atoms with Crippen LogP contribution >= 0.6 is 15.9 Å². The van der Waals surface area contributed by atoms with E-state index >= 15 is 0 Å². The van der Waals surface area contributed by atoms with Crippen molar-refractivity contribution in [3.8, 4) is 5.75 Å². The Morgan fingerprint density at radius 1 is 1.43 bits per heavy atom. The lowest BCUT2D eigenvalue weighted by molar-refractivity contribution is 0.296. The lowest BCUT2D eigenvalue weighted by Gasteiger charge is -2.14. The Morgan fingerprint density at radius 3 is 2.57 bits per heavy atom. The van der Waals surface area contributed by atoms with E-state index in [4.69, 9.17) is 9.84 Å². The molecule has 14 heavy (non-hydrogen) atoms. The van der Waals surface area contributed by atoms with Crippen LogP contribution in [-0.2, 0) is 6.42 Å².